The van der Waals surface area contributed by atoms with Crippen LogP contribution in [0.2, 0.25) is 0 Å². The third kappa shape index (κ3) is 3.85. The van der Waals surface area contributed by atoms with E-state index < -0.39 is 6.04 Å². The fourth-order valence-corrected chi connectivity index (χ4v) is 3.82. The van der Waals surface area contributed by atoms with Crippen molar-refractivity contribution in [1.29, 1.82) is 0 Å². The maximum absolute atomic E-state index is 11.2. The van der Waals surface area contributed by atoms with Crippen molar-refractivity contribution in [3.63, 3.8) is 0 Å². The van der Waals surface area contributed by atoms with Gasteiger partial charge < -0.3 is 24.6 Å². The first-order valence-corrected chi connectivity index (χ1v) is 10.1. The SMILES string of the molecule is COc1ccc(C(Nc2cc(C)ccn2)c2ccc3cccnc3c2O)c(OC)c1OC. The Kier molecular flexibility index (Phi) is 5.98. The second-order valence-electron chi connectivity index (χ2n) is 7.30. The van der Waals surface area contributed by atoms with Gasteiger partial charge in [0, 0.05) is 28.9 Å². The summed E-state index contributed by atoms with van der Waals surface area (Å²) in [5.41, 5.74) is 2.96. The van der Waals surface area contributed by atoms with E-state index in [0.717, 1.165) is 16.5 Å². The number of ether oxygens (including phenoxy) is 3. The number of phenols is 1. The maximum Gasteiger partial charge on any atom is 0.203 e. The second kappa shape index (κ2) is 9.01. The van der Waals surface area contributed by atoms with E-state index in [9.17, 15) is 5.11 Å². The van der Waals surface area contributed by atoms with Gasteiger partial charge >= 0.3 is 0 Å². The van der Waals surface area contributed by atoms with Gasteiger partial charge in [0.1, 0.15) is 17.1 Å². The maximum atomic E-state index is 11.2. The minimum absolute atomic E-state index is 0.0880. The van der Waals surface area contributed by atoms with E-state index in [1.165, 1.54) is 0 Å². The van der Waals surface area contributed by atoms with Crippen LogP contribution >= 0.6 is 0 Å². The van der Waals surface area contributed by atoms with Gasteiger partial charge in [0.2, 0.25) is 5.75 Å². The molecule has 0 radical (unpaired) electrons. The first kappa shape index (κ1) is 21.2. The molecule has 7 heteroatoms. The lowest BCUT2D eigenvalue weighted by molar-refractivity contribution is 0.321. The van der Waals surface area contributed by atoms with Crippen molar-refractivity contribution in [3.05, 3.63) is 77.6 Å². The Bertz CT molecular complexity index is 1260. The van der Waals surface area contributed by atoms with E-state index in [1.54, 1.807) is 33.7 Å². The molecular formula is C25H25N3O4. The van der Waals surface area contributed by atoms with Gasteiger partial charge in [-0.1, -0.05) is 18.2 Å². The predicted molar refractivity (Wildman–Crippen MR) is 124 cm³/mol. The van der Waals surface area contributed by atoms with Gasteiger partial charge in [0.25, 0.3) is 0 Å². The fraction of sp³-hybridized carbons (Fsp3) is 0.200. The van der Waals surface area contributed by atoms with Crippen LogP contribution in [-0.4, -0.2) is 36.4 Å². The molecule has 1 unspecified atom stereocenters. The highest BCUT2D eigenvalue weighted by atomic mass is 16.5. The van der Waals surface area contributed by atoms with Crippen LogP contribution in [0.1, 0.15) is 22.7 Å². The largest absolute Gasteiger partial charge is 0.505 e. The number of fused-ring (bicyclic) bond motifs is 1. The van der Waals surface area contributed by atoms with E-state index >= 15 is 0 Å². The molecule has 4 aromatic rings. The molecule has 2 heterocycles. The molecule has 7 nitrogen and oxygen atoms in total. The number of rotatable bonds is 7. The number of aromatic hydroxyl groups is 1. The highest BCUT2D eigenvalue weighted by molar-refractivity contribution is 5.86. The average molecular weight is 431 g/mol. The number of pyridine rings is 2. The standard InChI is InChI=1S/C25H25N3O4/c1-15-11-13-26-20(14-15)28-22(17-8-7-16-6-5-12-27-21(16)23(17)29)18-9-10-19(30-2)25(32-4)24(18)31-3/h5-14,22,29H,1-4H3,(H,26,28). The molecule has 2 aromatic carbocycles. The first-order chi connectivity index (χ1) is 15.6. The number of nitrogens with zero attached hydrogens (tertiary/aromatic N) is 2. The predicted octanol–water partition coefficient (Wildman–Crippen LogP) is 4.87. The van der Waals surface area contributed by atoms with E-state index in [1.807, 2.05) is 55.5 Å². The zero-order chi connectivity index (χ0) is 22.7. The minimum atomic E-state index is -0.509. The monoisotopic (exact) mass is 431 g/mol. The van der Waals surface area contributed by atoms with Crippen LogP contribution in [0.3, 0.4) is 0 Å². The van der Waals surface area contributed by atoms with Gasteiger partial charge in [0.15, 0.2) is 11.5 Å². The third-order valence-electron chi connectivity index (χ3n) is 5.34. The van der Waals surface area contributed by atoms with Crippen LogP contribution in [0.5, 0.6) is 23.0 Å². The average Bonchev–Trinajstić information content (AvgIpc) is 2.82. The number of nitrogens with one attached hydrogen (secondary N) is 1. The molecule has 0 aliphatic rings. The third-order valence-corrected chi connectivity index (χ3v) is 5.34. The quantitative estimate of drug-likeness (QED) is 0.432. The molecule has 4 rings (SSSR count). The van der Waals surface area contributed by atoms with Crippen molar-refractivity contribution in [1.82, 2.24) is 9.97 Å². The summed E-state index contributed by atoms with van der Waals surface area (Å²) < 4.78 is 16.8. The number of aryl methyl sites for hydroxylation is 1. The minimum Gasteiger partial charge on any atom is -0.505 e. The Balaban J connectivity index is 1.94. The zero-order valence-electron chi connectivity index (χ0n) is 18.4. The number of anilines is 1. The Morgan fingerprint density at radius 2 is 1.62 bits per heavy atom. The van der Waals surface area contributed by atoms with Crippen LogP contribution in [0.15, 0.2) is 60.9 Å². The van der Waals surface area contributed by atoms with Crippen LogP contribution < -0.4 is 19.5 Å². The molecule has 32 heavy (non-hydrogen) atoms. The van der Waals surface area contributed by atoms with Gasteiger partial charge in [-0.15, -0.1) is 0 Å². The van der Waals surface area contributed by atoms with E-state index in [4.69, 9.17) is 14.2 Å². The van der Waals surface area contributed by atoms with Crippen molar-refractivity contribution >= 4 is 16.7 Å². The Labute approximate surface area is 186 Å². The summed E-state index contributed by atoms with van der Waals surface area (Å²) in [5.74, 6) is 2.26. The number of hydrogen-bond donors (Lipinski definition) is 2. The van der Waals surface area contributed by atoms with Crippen molar-refractivity contribution < 1.29 is 19.3 Å². The highest BCUT2D eigenvalue weighted by Crippen LogP contribution is 2.46. The number of methoxy groups -OCH3 is 3. The number of aromatic nitrogens is 2. The van der Waals surface area contributed by atoms with Crippen LogP contribution in [-0.2, 0) is 0 Å². The fourth-order valence-electron chi connectivity index (χ4n) is 3.82. The Morgan fingerprint density at radius 3 is 2.34 bits per heavy atom. The van der Waals surface area contributed by atoms with Gasteiger partial charge in [-0.25, -0.2) is 4.98 Å². The molecule has 0 saturated carbocycles. The second-order valence-corrected chi connectivity index (χ2v) is 7.30. The summed E-state index contributed by atoms with van der Waals surface area (Å²) >= 11 is 0. The van der Waals surface area contributed by atoms with E-state index in [0.29, 0.717) is 34.1 Å². The van der Waals surface area contributed by atoms with Crippen molar-refractivity contribution in [3.8, 4) is 23.0 Å². The number of benzene rings is 2. The Morgan fingerprint density at radius 1 is 0.844 bits per heavy atom. The molecule has 0 bridgehead atoms. The van der Waals surface area contributed by atoms with Crippen LogP contribution in [0.25, 0.3) is 10.9 Å². The summed E-state index contributed by atoms with van der Waals surface area (Å²) in [7, 11) is 4.71. The van der Waals surface area contributed by atoms with Crippen molar-refractivity contribution in [2.24, 2.45) is 0 Å². The molecule has 0 saturated heterocycles. The molecule has 2 aromatic heterocycles. The van der Waals surface area contributed by atoms with Gasteiger partial charge in [0.05, 0.1) is 27.4 Å². The van der Waals surface area contributed by atoms with Crippen LogP contribution in [0, 0.1) is 6.92 Å². The highest BCUT2D eigenvalue weighted by Gasteiger charge is 2.27. The van der Waals surface area contributed by atoms with Gasteiger partial charge in [-0.2, -0.15) is 0 Å². The summed E-state index contributed by atoms with van der Waals surface area (Å²) in [6.45, 7) is 2.00. The summed E-state index contributed by atoms with van der Waals surface area (Å²) in [6, 6.07) is 14.6. The van der Waals surface area contributed by atoms with Gasteiger partial charge in [-0.3, -0.25) is 4.98 Å². The topological polar surface area (TPSA) is 85.7 Å². The molecular weight excluding hydrogens is 406 g/mol. The number of hydrogen-bond acceptors (Lipinski definition) is 7. The van der Waals surface area contributed by atoms with Crippen molar-refractivity contribution in [2.75, 3.05) is 26.6 Å². The molecule has 2 N–H and O–H groups in total. The van der Waals surface area contributed by atoms with Crippen LogP contribution in [0.4, 0.5) is 5.82 Å². The molecule has 0 fully saturated rings. The number of phenolic OH excluding ortho intramolecular Hbond substituents is 1. The van der Waals surface area contributed by atoms with Gasteiger partial charge in [-0.05, 0) is 42.8 Å². The molecule has 0 aliphatic heterocycles. The molecule has 0 spiro atoms. The first-order valence-electron chi connectivity index (χ1n) is 10.1. The zero-order valence-corrected chi connectivity index (χ0v) is 18.4. The summed E-state index contributed by atoms with van der Waals surface area (Å²) in [5, 5.41) is 15.5. The lowest BCUT2D eigenvalue weighted by Gasteiger charge is -2.25. The normalized spacial score (nSPS) is 11.8. The smallest absolute Gasteiger partial charge is 0.203 e. The lowest BCUT2D eigenvalue weighted by atomic mass is 9.94. The van der Waals surface area contributed by atoms with E-state index in [2.05, 4.69) is 15.3 Å². The van der Waals surface area contributed by atoms with E-state index in [-0.39, 0.29) is 5.75 Å². The summed E-state index contributed by atoms with van der Waals surface area (Å²) in [4.78, 5) is 8.82. The lowest BCUT2D eigenvalue weighted by Crippen LogP contribution is -2.15. The molecule has 0 amide bonds. The summed E-state index contributed by atoms with van der Waals surface area (Å²) in [6.07, 6.45) is 3.40. The Hall–Kier alpha value is -4.00. The molecule has 164 valence electrons. The molecule has 1 atom stereocenters. The van der Waals surface area contributed by atoms with Crippen molar-refractivity contribution in [2.45, 2.75) is 13.0 Å². The molecule has 0 aliphatic carbocycles.